The summed E-state index contributed by atoms with van der Waals surface area (Å²) in [5.41, 5.74) is 2.37. The maximum absolute atomic E-state index is 13.2. The van der Waals surface area contributed by atoms with Crippen molar-refractivity contribution >= 4 is 21.6 Å². The molecule has 8 nitrogen and oxygen atoms in total. The molecule has 1 aliphatic heterocycles. The monoisotopic (exact) mass is 519 g/mol. The Morgan fingerprint density at radius 1 is 1.09 bits per heavy atom. The van der Waals surface area contributed by atoms with Crippen molar-refractivity contribution in [1.82, 2.24) is 14.4 Å². The molecule has 0 bridgehead atoms. The van der Waals surface area contributed by atoms with Crippen molar-refractivity contribution in [2.24, 2.45) is 0 Å². The number of nitrogens with zero attached hydrogens (tertiary/aromatic N) is 3. The van der Waals surface area contributed by atoms with Gasteiger partial charge in [-0.3, -0.25) is 4.90 Å². The molecule has 4 rings (SSSR count). The maximum Gasteiger partial charge on any atom is 0.248 e. The third-order valence-electron chi connectivity index (χ3n) is 6.13. The maximum atomic E-state index is 13.2. The minimum atomic E-state index is -3.65. The summed E-state index contributed by atoms with van der Waals surface area (Å²) < 4.78 is 44.7. The fraction of sp³-hybridized carbons (Fsp3) is 0.400. The SMILES string of the molecule is COc1cccc([C@H](CN2CCN(S(=O)(=O)c3c(C)noc3C)CC2)OCc2cccc(Cl)c2)c1. The van der Waals surface area contributed by atoms with Crippen molar-refractivity contribution in [1.29, 1.82) is 0 Å². The van der Waals surface area contributed by atoms with Gasteiger partial charge in [0.2, 0.25) is 10.0 Å². The van der Waals surface area contributed by atoms with Gasteiger partial charge >= 0.3 is 0 Å². The number of piperazine rings is 1. The number of aromatic nitrogens is 1. The van der Waals surface area contributed by atoms with E-state index in [0.717, 1.165) is 16.9 Å². The van der Waals surface area contributed by atoms with Crippen LogP contribution in [0.15, 0.2) is 57.9 Å². The fourth-order valence-electron chi connectivity index (χ4n) is 4.28. The first-order valence-corrected chi connectivity index (χ1v) is 13.2. The van der Waals surface area contributed by atoms with E-state index in [4.69, 9.17) is 25.6 Å². The second-order valence-corrected chi connectivity index (χ2v) is 10.9. The molecule has 1 atom stereocenters. The molecule has 188 valence electrons. The Hall–Kier alpha value is -2.43. The average molecular weight is 520 g/mol. The van der Waals surface area contributed by atoms with E-state index < -0.39 is 10.0 Å². The first kappa shape index (κ1) is 25.7. The van der Waals surface area contributed by atoms with Gasteiger partial charge in [0.25, 0.3) is 0 Å². The second-order valence-electron chi connectivity index (χ2n) is 8.56. The first-order chi connectivity index (χ1) is 16.8. The number of hydrogen-bond acceptors (Lipinski definition) is 7. The number of hydrogen-bond donors (Lipinski definition) is 0. The standard InChI is InChI=1S/C25H30ClN3O5S/c1-18-25(19(2)34-27-18)35(30,31)29-12-10-28(11-13-29)16-24(21-7-5-9-23(15-21)32-3)33-17-20-6-4-8-22(26)14-20/h4-9,14-15,24H,10-13,16-17H2,1-3H3/t24-/m0/s1. The van der Waals surface area contributed by atoms with E-state index in [0.29, 0.717) is 55.8 Å². The van der Waals surface area contributed by atoms with Crippen molar-refractivity contribution in [3.63, 3.8) is 0 Å². The Morgan fingerprint density at radius 2 is 1.83 bits per heavy atom. The first-order valence-electron chi connectivity index (χ1n) is 11.4. The highest BCUT2D eigenvalue weighted by molar-refractivity contribution is 7.89. The number of methoxy groups -OCH3 is 1. The number of halogens is 1. The summed E-state index contributed by atoms with van der Waals surface area (Å²) in [5.74, 6) is 1.08. The Balaban J connectivity index is 1.45. The van der Waals surface area contributed by atoms with Gasteiger partial charge < -0.3 is 14.0 Å². The third-order valence-corrected chi connectivity index (χ3v) is 8.51. The summed E-state index contributed by atoms with van der Waals surface area (Å²) in [6, 6.07) is 15.4. The smallest absolute Gasteiger partial charge is 0.248 e. The highest BCUT2D eigenvalue weighted by Crippen LogP contribution is 2.27. The van der Waals surface area contributed by atoms with Crippen LogP contribution in [0.1, 0.15) is 28.7 Å². The molecule has 0 saturated carbocycles. The molecule has 1 saturated heterocycles. The summed E-state index contributed by atoms with van der Waals surface area (Å²) >= 11 is 6.14. The third kappa shape index (κ3) is 6.05. The Morgan fingerprint density at radius 3 is 2.49 bits per heavy atom. The van der Waals surface area contributed by atoms with Crippen molar-refractivity contribution in [3.05, 3.63) is 76.1 Å². The number of sulfonamides is 1. The van der Waals surface area contributed by atoms with Gasteiger partial charge in [0.1, 0.15) is 16.3 Å². The minimum absolute atomic E-state index is 0.171. The summed E-state index contributed by atoms with van der Waals surface area (Å²) in [4.78, 5) is 2.40. The zero-order chi connectivity index (χ0) is 25.0. The van der Waals surface area contributed by atoms with Gasteiger partial charge in [0.15, 0.2) is 5.76 Å². The van der Waals surface area contributed by atoms with Crippen LogP contribution in [0.25, 0.3) is 0 Å². The minimum Gasteiger partial charge on any atom is -0.497 e. The van der Waals surface area contributed by atoms with Gasteiger partial charge in [-0.15, -0.1) is 0 Å². The van der Waals surface area contributed by atoms with Gasteiger partial charge in [0.05, 0.1) is 19.8 Å². The van der Waals surface area contributed by atoms with Crippen LogP contribution in [0.5, 0.6) is 5.75 Å². The molecule has 2 aromatic carbocycles. The predicted molar refractivity (Wildman–Crippen MR) is 133 cm³/mol. The average Bonchev–Trinajstić information content (AvgIpc) is 3.20. The molecule has 1 fully saturated rings. The zero-order valence-corrected chi connectivity index (χ0v) is 21.7. The van der Waals surface area contributed by atoms with E-state index in [2.05, 4.69) is 10.1 Å². The molecule has 0 radical (unpaired) electrons. The van der Waals surface area contributed by atoms with E-state index in [1.54, 1.807) is 21.0 Å². The zero-order valence-electron chi connectivity index (χ0n) is 20.1. The van der Waals surface area contributed by atoms with Crippen LogP contribution >= 0.6 is 11.6 Å². The van der Waals surface area contributed by atoms with Crippen molar-refractivity contribution in [2.75, 3.05) is 39.8 Å². The molecule has 1 aliphatic rings. The number of rotatable bonds is 9. The highest BCUT2D eigenvalue weighted by atomic mass is 35.5. The largest absolute Gasteiger partial charge is 0.497 e. The van der Waals surface area contributed by atoms with Crippen LogP contribution in [0.3, 0.4) is 0 Å². The molecule has 2 heterocycles. The molecule has 3 aromatic rings. The summed E-state index contributed by atoms with van der Waals surface area (Å²) in [7, 11) is -2.01. The molecule has 0 unspecified atom stereocenters. The molecule has 0 N–H and O–H groups in total. The lowest BCUT2D eigenvalue weighted by molar-refractivity contribution is 0.00763. The Bertz CT molecular complexity index is 1240. The molecule has 0 spiro atoms. The highest BCUT2D eigenvalue weighted by Gasteiger charge is 2.33. The Labute approximate surface area is 211 Å². The molecular formula is C25H30ClN3O5S. The van der Waals surface area contributed by atoms with Crippen LogP contribution in [-0.4, -0.2) is 62.6 Å². The van der Waals surface area contributed by atoms with Crippen molar-refractivity contribution < 1.29 is 22.4 Å². The Kier molecular flexibility index (Phi) is 8.13. The number of ether oxygens (including phenoxy) is 2. The van der Waals surface area contributed by atoms with Gasteiger partial charge in [-0.25, -0.2) is 8.42 Å². The number of benzene rings is 2. The lowest BCUT2D eigenvalue weighted by Gasteiger charge is -2.35. The molecule has 0 aliphatic carbocycles. The van der Waals surface area contributed by atoms with E-state index in [-0.39, 0.29) is 11.0 Å². The van der Waals surface area contributed by atoms with Gasteiger partial charge in [-0.05, 0) is 49.2 Å². The quantitative estimate of drug-likeness (QED) is 0.418. The lowest BCUT2D eigenvalue weighted by Crippen LogP contribution is -2.49. The van der Waals surface area contributed by atoms with Crippen molar-refractivity contribution in [3.8, 4) is 5.75 Å². The molecule has 35 heavy (non-hydrogen) atoms. The van der Waals surface area contributed by atoms with E-state index in [1.165, 1.54) is 4.31 Å². The van der Waals surface area contributed by atoms with Crippen LogP contribution in [0.2, 0.25) is 5.02 Å². The van der Waals surface area contributed by atoms with Crippen LogP contribution in [0, 0.1) is 13.8 Å². The van der Waals surface area contributed by atoms with E-state index >= 15 is 0 Å². The van der Waals surface area contributed by atoms with Crippen LogP contribution in [0.4, 0.5) is 0 Å². The predicted octanol–water partition coefficient (Wildman–Crippen LogP) is 4.22. The fourth-order valence-corrected chi connectivity index (χ4v) is 6.20. The van der Waals surface area contributed by atoms with Gasteiger partial charge in [-0.2, -0.15) is 4.31 Å². The molecular weight excluding hydrogens is 490 g/mol. The second kappa shape index (κ2) is 11.1. The van der Waals surface area contributed by atoms with Gasteiger partial charge in [-0.1, -0.05) is 41.0 Å². The molecule has 1 aromatic heterocycles. The van der Waals surface area contributed by atoms with Crippen LogP contribution in [-0.2, 0) is 21.4 Å². The van der Waals surface area contributed by atoms with E-state index in [1.807, 2.05) is 48.5 Å². The molecule has 0 amide bonds. The topological polar surface area (TPSA) is 85.1 Å². The van der Waals surface area contributed by atoms with Crippen molar-refractivity contribution in [2.45, 2.75) is 31.5 Å². The van der Waals surface area contributed by atoms with Gasteiger partial charge in [0, 0.05) is 37.7 Å². The summed E-state index contributed by atoms with van der Waals surface area (Å²) in [6.07, 6.45) is -0.227. The van der Waals surface area contributed by atoms with Crippen LogP contribution < -0.4 is 4.74 Å². The summed E-state index contributed by atoms with van der Waals surface area (Å²) in [5, 5.41) is 4.47. The van der Waals surface area contributed by atoms with E-state index in [9.17, 15) is 8.42 Å². The molecule has 10 heteroatoms. The lowest BCUT2D eigenvalue weighted by atomic mass is 10.1. The number of aryl methyl sites for hydroxylation is 2. The normalized spacial score (nSPS) is 16.3. The summed E-state index contributed by atoms with van der Waals surface area (Å²) in [6.45, 7) is 6.23.